The lowest BCUT2D eigenvalue weighted by Crippen LogP contribution is -2.07. The molecule has 0 radical (unpaired) electrons. The van der Waals surface area contributed by atoms with Crippen molar-refractivity contribution in [3.8, 4) is 11.1 Å². The van der Waals surface area contributed by atoms with Crippen LogP contribution in [0.3, 0.4) is 0 Å². The molecular weight excluding hydrogens is 456 g/mol. The second-order valence-corrected chi connectivity index (χ2v) is 12.4. The van der Waals surface area contributed by atoms with Crippen LogP contribution in [0.5, 0.6) is 0 Å². The minimum atomic E-state index is 0.548. The molecule has 3 aliphatic rings. The number of allylic oxidation sites excluding steroid dienone is 7. The summed E-state index contributed by atoms with van der Waals surface area (Å²) in [5.41, 5.74) is 9.92. The molecule has 0 heterocycles. The molecule has 200 valence electrons. The minimum absolute atomic E-state index is 0.548. The van der Waals surface area contributed by atoms with E-state index in [1.165, 1.54) is 85.6 Å². The monoisotopic (exact) mass is 504 g/mol. The van der Waals surface area contributed by atoms with Crippen LogP contribution in [0, 0.1) is 29.6 Å². The van der Waals surface area contributed by atoms with E-state index in [0.29, 0.717) is 5.92 Å². The van der Waals surface area contributed by atoms with Gasteiger partial charge in [-0.25, -0.2) is 0 Å². The van der Waals surface area contributed by atoms with E-state index in [0.717, 1.165) is 23.7 Å². The van der Waals surface area contributed by atoms with Gasteiger partial charge in [0.05, 0.1) is 0 Å². The summed E-state index contributed by atoms with van der Waals surface area (Å²) in [5.74, 6) is 4.11. The van der Waals surface area contributed by atoms with Gasteiger partial charge in [0.15, 0.2) is 0 Å². The van der Waals surface area contributed by atoms with Gasteiger partial charge in [-0.15, -0.1) is 0 Å². The maximum absolute atomic E-state index is 2.42. The van der Waals surface area contributed by atoms with Crippen molar-refractivity contribution in [3.05, 3.63) is 95.1 Å². The van der Waals surface area contributed by atoms with Crippen LogP contribution in [-0.4, -0.2) is 0 Å². The number of rotatable bonds is 9. The summed E-state index contributed by atoms with van der Waals surface area (Å²) in [6.07, 6.45) is 24.1. The summed E-state index contributed by atoms with van der Waals surface area (Å²) >= 11 is 0. The summed E-state index contributed by atoms with van der Waals surface area (Å²) in [7, 11) is 0. The molecule has 2 fully saturated rings. The molecule has 0 aliphatic heterocycles. The molecule has 0 nitrogen and oxygen atoms in total. The second kappa shape index (κ2) is 12.5. The van der Waals surface area contributed by atoms with Crippen LogP contribution >= 0.6 is 0 Å². The Morgan fingerprint density at radius 3 is 2.16 bits per heavy atom. The fraction of sp³-hybridized carbons (Fsp3) is 0.474. The maximum atomic E-state index is 2.42. The lowest BCUT2D eigenvalue weighted by molar-refractivity contribution is 0.426. The number of benzene rings is 2. The van der Waals surface area contributed by atoms with E-state index in [1.54, 1.807) is 11.1 Å². The first-order valence-corrected chi connectivity index (χ1v) is 15.5. The Hall–Kier alpha value is -2.60. The van der Waals surface area contributed by atoms with Crippen molar-refractivity contribution in [1.82, 2.24) is 0 Å². The predicted molar refractivity (Wildman–Crippen MR) is 167 cm³/mol. The van der Waals surface area contributed by atoms with E-state index in [9.17, 15) is 0 Å². The molecule has 0 spiro atoms. The Morgan fingerprint density at radius 1 is 0.789 bits per heavy atom. The lowest BCUT2D eigenvalue weighted by Gasteiger charge is -2.18. The Bertz CT molecular complexity index is 1180. The quantitative estimate of drug-likeness (QED) is 0.298. The van der Waals surface area contributed by atoms with E-state index in [4.69, 9.17) is 0 Å². The first-order valence-electron chi connectivity index (χ1n) is 15.5. The molecule has 5 atom stereocenters. The third-order valence-corrected chi connectivity index (χ3v) is 10.1. The van der Waals surface area contributed by atoms with Gasteiger partial charge in [0.25, 0.3) is 0 Å². The summed E-state index contributed by atoms with van der Waals surface area (Å²) in [5, 5.41) is 0. The summed E-state index contributed by atoms with van der Waals surface area (Å²) in [6, 6.07) is 18.3. The highest BCUT2D eigenvalue weighted by Gasteiger charge is 2.28. The van der Waals surface area contributed by atoms with Crippen LogP contribution < -0.4 is 0 Å². The van der Waals surface area contributed by atoms with Gasteiger partial charge in [0, 0.05) is 5.92 Å². The fourth-order valence-corrected chi connectivity index (χ4v) is 7.55. The van der Waals surface area contributed by atoms with Gasteiger partial charge >= 0.3 is 0 Å². The Morgan fingerprint density at radius 2 is 1.47 bits per heavy atom. The normalized spacial score (nSPS) is 27.8. The van der Waals surface area contributed by atoms with Gasteiger partial charge in [0.1, 0.15) is 0 Å². The summed E-state index contributed by atoms with van der Waals surface area (Å²) in [6.45, 7) is 9.44. The Balaban J connectivity index is 1.17. The zero-order chi connectivity index (χ0) is 26.5. The SMILES string of the molecule is CCC1CCC(CC2=CC=C(c3ccc(-c4ccc(/C=C/C=C(\C)[C@@H]5CCCC5CC)cc4)cc3)C2C)C1. The van der Waals surface area contributed by atoms with Crippen LogP contribution in [0.2, 0.25) is 0 Å². The van der Waals surface area contributed by atoms with Crippen LogP contribution in [0.25, 0.3) is 22.8 Å². The molecule has 0 bridgehead atoms. The molecule has 4 unspecified atom stereocenters. The first kappa shape index (κ1) is 27.0. The molecule has 5 rings (SSSR count). The van der Waals surface area contributed by atoms with Gasteiger partial charge < -0.3 is 0 Å². The zero-order valence-corrected chi connectivity index (χ0v) is 24.3. The average molecular weight is 505 g/mol. The molecule has 38 heavy (non-hydrogen) atoms. The highest BCUT2D eigenvalue weighted by Crippen LogP contribution is 2.43. The molecule has 2 aromatic carbocycles. The van der Waals surface area contributed by atoms with Gasteiger partial charge in [-0.1, -0.05) is 137 Å². The third-order valence-electron chi connectivity index (χ3n) is 10.1. The zero-order valence-electron chi connectivity index (χ0n) is 24.3. The van der Waals surface area contributed by atoms with Crippen molar-refractivity contribution in [2.75, 3.05) is 0 Å². The van der Waals surface area contributed by atoms with E-state index in [-0.39, 0.29) is 0 Å². The van der Waals surface area contributed by atoms with Crippen LogP contribution in [-0.2, 0) is 0 Å². The van der Waals surface area contributed by atoms with Crippen molar-refractivity contribution in [3.63, 3.8) is 0 Å². The highest BCUT2D eigenvalue weighted by atomic mass is 14.3. The molecule has 0 N–H and O–H groups in total. The maximum Gasteiger partial charge on any atom is 0.00289 e. The van der Waals surface area contributed by atoms with E-state index < -0.39 is 0 Å². The van der Waals surface area contributed by atoms with Crippen molar-refractivity contribution < 1.29 is 0 Å². The van der Waals surface area contributed by atoms with Crippen molar-refractivity contribution in [2.24, 2.45) is 29.6 Å². The van der Waals surface area contributed by atoms with Crippen molar-refractivity contribution in [1.29, 1.82) is 0 Å². The Labute approximate surface area is 232 Å². The largest absolute Gasteiger partial charge is 0.0699 e. The van der Waals surface area contributed by atoms with Crippen molar-refractivity contribution in [2.45, 2.75) is 85.5 Å². The van der Waals surface area contributed by atoms with Gasteiger partial charge in [0.2, 0.25) is 0 Å². The molecule has 0 saturated heterocycles. The molecule has 0 amide bonds. The van der Waals surface area contributed by atoms with Gasteiger partial charge in [-0.3, -0.25) is 0 Å². The summed E-state index contributed by atoms with van der Waals surface area (Å²) in [4.78, 5) is 0. The number of hydrogen-bond acceptors (Lipinski definition) is 0. The van der Waals surface area contributed by atoms with E-state index in [2.05, 4.69) is 107 Å². The van der Waals surface area contributed by atoms with Crippen molar-refractivity contribution >= 4 is 11.6 Å². The molecule has 0 aromatic heterocycles. The predicted octanol–water partition coefficient (Wildman–Crippen LogP) is 11.3. The fourth-order valence-electron chi connectivity index (χ4n) is 7.55. The highest BCUT2D eigenvalue weighted by molar-refractivity contribution is 5.76. The van der Waals surface area contributed by atoms with E-state index >= 15 is 0 Å². The molecule has 2 aromatic rings. The number of hydrogen-bond donors (Lipinski definition) is 0. The topological polar surface area (TPSA) is 0 Å². The smallest absolute Gasteiger partial charge is 0.00289 e. The molecule has 2 saturated carbocycles. The van der Waals surface area contributed by atoms with E-state index in [1.807, 2.05) is 0 Å². The van der Waals surface area contributed by atoms with Crippen LogP contribution in [0.1, 0.15) is 96.6 Å². The minimum Gasteiger partial charge on any atom is -0.0699 e. The van der Waals surface area contributed by atoms with Gasteiger partial charge in [-0.05, 0) is 90.5 Å². The van der Waals surface area contributed by atoms with Gasteiger partial charge in [-0.2, -0.15) is 0 Å². The standard InChI is InChI=1S/C38H48/c1-5-29-13-14-31(25-29)26-36-23-24-38(28(36)4)35-21-19-34(20-22-35)33-17-15-30(16-18-33)10-7-9-27(3)37-12-8-11-32(37)6-2/h7,9-10,15-24,28-29,31-32,37H,5-6,8,11-14,25-26H2,1-4H3/b10-7+,27-9+/t28?,29?,31?,32?,37-/m0/s1. The third kappa shape index (κ3) is 6.17. The molecule has 0 heteroatoms. The second-order valence-electron chi connectivity index (χ2n) is 12.4. The van der Waals surface area contributed by atoms with Crippen LogP contribution in [0.4, 0.5) is 0 Å². The molecule has 3 aliphatic carbocycles. The summed E-state index contributed by atoms with van der Waals surface area (Å²) < 4.78 is 0. The van der Waals surface area contributed by atoms with Crippen LogP contribution in [0.15, 0.2) is 84.0 Å². The Kier molecular flexibility index (Phi) is 8.88. The molecular formula is C38H48. The lowest BCUT2D eigenvalue weighted by atomic mass is 9.86. The first-order chi connectivity index (χ1) is 18.6. The average Bonchev–Trinajstić information content (AvgIpc) is 3.70.